The third-order valence-corrected chi connectivity index (χ3v) is 4.17. The summed E-state index contributed by atoms with van der Waals surface area (Å²) < 4.78 is 5.64. The second-order valence-electron chi connectivity index (χ2n) is 5.31. The van der Waals surface area contributed by atoms with E-state index in [1.807, 2.05) is 36.4 Å². The minimum absolute atomic E-state index is 0.0134. The number of halogens is 2. The Morgan fingerprint density at radius 3 is 2.64 bits per heavy atom. The van der Waals surface area contributed by atoms with Crippen molar-refractivity contribution in [1.82, 2.24) is 5.32 Å². The summed E-state index contributed by atoms with van der Waals surface area (Å²) in [6, 6.07) is 12.9. The first-order chi connectivity index (χ1) is 10.6. The molecule has 0 spiro atoms. The fourth-order valence-electron chi connectivity index (χ4n) is 2.47. The molecular weight excluding hydrogens is 321 g/mol. The Morgan fingerprint density at radius 2 is 1.86 bits per heavy atom. The summed E-state index contributed by atoms with van der Waals surface area (Å²) in [6.07, 6.45) is 0.641. The number of hydrogen-bond acceptors (Lipinski definition) is 2. The highest BCUT2D eigenvalue weighted by Gasteiger charge is 2.25. The van der Waals surface area contributed by atoms with Crippen molar-refractivity contribution in [2.75, 3.05) is 6.61 Å². The normalized spacial score (nSPS) is 16.5. The predicted octanol–water partition coefficient (Wildman–Crippen LogP) is 3.86. The monoisotopic (exact) mass is 335 g/mol. The Bertz CT molecular complexity index is 686. The molecule has 2 aromatic carbocycles. The van der Waals surface area contributed by atoms with E-state index in [1.54, 1.807) is 6.07 Å². The van der Waals surface area contributed by atoms with Crippen molar-refractivity contribution in [1.29, 1.82) is 0 Å². The highest BCUT2D eigenvalue weighted by Crippen LogP contribution is 2.29. The van der Waals surface area contributed by atoms with Gasteiger partial charge < -0.3 is 10.1 Å². The summed E-state index contributed by atoms with van der Waals surface area (Å²) in [4.78, 5) is 12.3. The van der Waals surface area contributed by atoms with Crippen LogP contribution in [-0.4, -0.2) is 12.5 Å². The maximum atomic E-state index is 12.3. The molecule has 1 heterocycles. The van der Waals surface area contributed by atoms with E-state index in [1.165, 1.54) is 0 Å². The maximum Gasteiger partial charge on any atom is 0.227 e. The lowest BCUT2D eigenvalue weighted by atomic mass is 9.96. The number of rotatable bonds is 3. The van der Waals surface area contributed by atoms with Gasteiger partial charge >= 0.3 is 0 Å². The number of amides is 1. The molecule has 0 unspecified atom stereocenters. The van der Waals surface area contributed by atoms with Gasteiger partial charge in [0.25, 0.3) is 0 Å². The highest BCUT2D eigenvalue weighted by atomic mass is 35.5. The van der Waals surface area contributed by atoms with Gasteiger partial charge in [-0.05, 0) is 47.9 Å². The van der Waals surface area contributed by atoms with Crippen molar-refractivity contribution in [3.63, 3.8) is 0 Å². The van der Waals surface area contributed by atoms with Crippen molar-refractivity contribution in [3.8, 4) is 5.75 Å². The van der Waals surface area contributed by atoms with E-state index in [0.29, 0.717) is 29.6 Å². The van der Waals surface area contributed by atoms with Gasteiger partial charge in [-0.25, -0.2) is 0 Å². The zero-order valence-corrected chi connectivity index (χ0v) is 13.3. The summed E-state index contributed by atoms with van der Waals surface area (Å²) in [7, 11) is 0. The topological polar surface area (TPSA) is 38.3 Å². The molecule has 0 bridgehead atoms. The van der Waals surface area contributed by atoms with Crippen molar-refractivity contribution in [2.45, 2.75) is 13.0 Å². The molecule has 22 heavy (non-hydrogen) atoms. The van der Waals surface area contributed by atoms with Gasteiger partial charge in [-0.1, -0.05) is 35.3 Å². The molecule has 0 aliphatic carbocycles. The molecule has 114 valence electrons. The number of carbonyl (C=O) groups is 1. The van der Waals surface area contributed by atoms with Crippen LogP contribution in [0.2, 0.25) is 10.0 Å². The van der Waals surface area contributed by atoms with Crippen LogP contribution in [0.1, 0.15) is 11.1 Å². The molecular formula is C17H15Cl2NO2. The van der Waals surface area contributed by atoms with E-state index < -0.39 is 0 Å². The molecule has 0 fully saturated rings. The van der Waals surface area contributed by atoms with Crippen LogP contribution in [0.5, 0.6) is 5.75 Å². The van der Waals surface area contributed by atoms with Crippen LogP contribution >= 0.6 is 23.2 Å². The number of fused-ring (bicyclic) bond motifs is 1. The molecule has 3 rings (SSSR count). The number of ether oxygens (including phenoxy) is 1. The van der Waals surface area contributed by atoms with E-state index in [4.69, 9.17) is 27.9 Å². The second-order valence-corrected chi connectivity index (χ2v) is 6.18. The lowest BCUT2D eigenvalue weighted by Crippen LogP contribution is -2.37. The van der Waals surface area contributed by atoms with Gasteiger partial charge in [-0.15, -0.1) is 0 Å². The first-order valence-corrected chi connectivity index (χ1v) is 7.81. The summed E-state index contributed by atoms with van der Waals surface area (Å²) >= 11 is 11.8. The fourth-order valence-corrected chi connectivity index (χ4v) is 2.79. The lowest BCUT2D eigenvalue weighted by Gasteiger charge is -2.24. The van der Waals surface area contributed by atoms with Crippen LogP contribution in [0.25, 0.3) is 0 Å². The molecule has 2 aromatic rings. The number of nitrogens with one attached hydrogen (secondary N) is 1. The molecule has 3 nitrogen and oxygen atoms in total. The SMILES string of the molecule is O=C(NCc1ccc(Cl)cc1)[C@@H]1COc2ccc(Cl)cc2C1. The minimum Gasteiger partial charge on any atom is -0.492 e. The van der Waals surface area contributed by atoms with Gasteiger partial charge in [-0.3, -0.25) is 4.79 Å². The summed E-state index contributed by atoms with van der Waals surface area (Å²) in [5, 5.41) is 4.28. The zero-order valence-electron chi connectivity index (χ0n) is 11.8. The van der Waals surface area contributed by atoms with E-state index >= 15 is 0 Å². The van der Waals surface area contributed by atoms with Gasteiger partial charge in [-0.2, -0.15) is 0 Å². The molecule has 1 atom stereocenters. The first kappa shape index (κ1) is 15.2. The first-order valence-electron chi connectivity index (χ1n) is 7.05. The highest BCUT2D eigenvalue weighted by molar-refractivity contribution is 6.30. The molecule has 1 amide bonds. The van der Waals surface area contributed by atoms with Crippen LogP contribution in [0.3, 0.4) is 0 Å². The molecule has 5 heteroatoms. The average molecular weight is 336 g/mol. The van der Waals surface area contributed by atoms with Crippen LogP contribution in [0.15, 0.2) is 42.5 Å². The quantitative estimate of drug-likeness (QED) is 0.924. The van der Waals surface area contributed by atoms with Gasteiger partial charge in [0.1, 0.15) is 12.4 Å². The second kappa shape index (κ2) is 6.59. The fraction of sp³-hybridized carbons (Fsp3) is 0.235. The number of carbonyl (C=O) groups excluding carboxylic acids is 1. The van der Waals surface area contributed by atoms with Crippen molar-refractivity contribution in [3.05, 3.63) is 63.6 Å². The van der Waals surface area contributed by atoms with Crippen LogP contribution in [0.4, 0.5) is 0 Å². The van der Waals surface area contributed by atoms with Crippen LogP contribution in [0, 0.1) is 5.92 Å². The molecule has 1 aliphatic heterocycles. The van der Waals surface area contributed by atoms with Crippen LogP contribution < -0.4 is 10.1 Å². The molecule has 0 saturated heterocycles. The Balaban J connectivity index is 1.60. The van der Waals surface area contributed by atoms with Crippen LogP contribution in [-0.2, 0) is 17.8 Å². The Labute approximate surface area is 139 Å². The van der Waals surface area contributed by atoms with E-state index in [9.17, 15) is 4.79 Å². The standard InChI is InChI=1S/C17H15Cl2NO2/c18-14-3-1-11(2-4-14)9-20-17(21)13-7-12-8-15(19)5-6-16(12)22-10-13/h1-6,8,13H,7,9-10H2,(H,20,21)/t13-/m0/s1. The molecule has 0 saturated carbocycles. The van der Waals surface area contributed by atoms with Gasteiger partial charge in [0, 0.05) is 16.6 Å². The molecule has 1 aliphatic rings. The predicted molar refractivity (Wildman–Crippen MR) is 87.4 cm³/mol. The van der Waals surface area contributed by atoms with Crippen molar-refractivity contribution < 1.29 is 9.53 Å². The Morgan fingerprint density at radius 1 is 1.14 bits per heavy atom. The number of hydrogen-bond donors (Lipinski definition) is 1. The van der Waals surface area contributed by atoms with Gasteiger partial charge in [0.05, 0.1) is 5.92 Å². The van der Waals surface area contributed by atoms with Gasteiger partial charge in [0.2, 0.25) is 5.91 Å². The number of benzene rings is 2. The van der Waals surface area contributed by atoms with E-state index in [0.717, 1.165) is 16.9 Å². The van der Waals surface area contributed by atoms with Crippen molar-refractivity contribution >= 4 is 29.1 Å². The third kappa shape index (κ3) is 3.54. The largest absolute Gasteiger partial charge is 0.492 e. The zero-order chi connectivity index (χ0) is 15.5. The third-order valence-electron chi connectivity index (χ3n) is 3.68. The lowest BCUT2D eigenvalue weighted by molar-refractivity contribution is -0.126. The molecule has 1 N–H and O–H groups in total. The maximum absolute atomic E-state index is 12.3. The Hall–Kier alpha value is -1.71. The summed E-state index contributed by atoms with van der Waals surface area (Å²) in [5.74, 6) is 0.602. The van der Waals surface area contributed by atoms with Crippen molar-refractivity contribution in [2.24, 2.45) is 5.92 Å². The molecule has 0 radical (unpaired) electrons. The Kier molecular flexibility index (Phi) is 4.55. The molecule has 0 aromatic heterocycles. The smallest absolute Gasteiger partial charge is 0.227 e. The summed E-state index contributed by atoms with van der Waals surface area (Å²) in [5.41, 5.74) is 1.99. The van der Waals surface area contributed by atoms with E-state index in [2.05, 4.69) is 5.32 Å². The minimum atomic E-state index is -0.196. The van der Waals surface area contributed by atoms with Gasteiger partial charge in [0.15, 0.2) is 0 Å². The van der Waals surface area contributed by atoms with E-state index in [-0.39, 0.29) is 11.8 Å². The average Bonchev–Trinajstić information content (AvgIpc) is 2.53. The summed E-state index contributed by atoms with van der Waals surface area (Å²) in [6.45, 7) is 0.871.